The number of thiophene rings is 1. The van der Waals surface area contributed by atoms with E-state index in [0.29, 0.717) is 11.1 Å². The lowest BCUT2D eigenvalue weighted by molar-refractivity contribution is -0.121. The van der Waals surface area contributed by atoms with Gasteiger partial charge in [-0.05, 0) is 32.0 Å². The molecule has 0 unspecified atom stereocenters. The quantitative estimate of drug-likeness (QED) is 0.649. The molecule has 0 aliphatic carbocycles. The number of nitrogens with one attached hydrogen (secondary N) is 2. The van der Waals surface area contributed by atoms with Crippen LogP contribution in [0.25, 0.3) is 0 Å². The van der Waals surface area contributed by atoms with Crippen molar-refractivity contribution in [2.24, 2.45) is 0 Å². The Kier molecular flexibility index (Phi) is 5.59. The summed E-state index contributed by atoms with van der Waals surface area (Å²) in [6.45, 7) is 3.83. The van der Waals surface area contributed by atoms with Crippen molar-refractivity contribution in [3.63, 3.8) is 0 Å². The molecule has 2 aromatic heterocycles. The summed E-state index contributed by atoms with van der Waals surface area (Å²) in [6.07, 6.45) is 3.06. The summed E-state index contributed by atoms with van der Waals surface area (Å²) in [5.74, 6) is -0.942. The van der Waals surface area contributed by atoms with Gasteiger partial charge in [-0.25, -0.2) is 0 Å². The second-order valence-electron chi connectivity index (χ2n) is 4.99. The maximum atomic E-state index is 12.1. The minimum Gasteiger partial charge on any atom is -0.294 e. The molecule has 2 rings (SSSR count). The van der Waals surface area contributed by atoms with E-state index in [4.69, 9.17) is 0 Å². The number of rotatable bonds is 5. The summed E-state index contributed by atoms with van der Waals surface area (Å²) in [7, 11) is 0. The van der Waals surface area contributed by atoms with Crippen LogP contribution in [-0.2, 0) is 4.79 Å². The fourth-order valence-electron chi connectivity index (χ4n) is 2.03. The molecule has 6 nitrogen and oxygen atoms in total. The molecule has 0 fully saturated rings. The van der Waals surface area contributed by atoms with Gasteiger partial charge in [-0.15, -0.1) is 11.3 Å². The average molecular weight is 331 g/mol. The molecule has 7 heteroatoms. The maximum absolute atomic E-state index is 12.1. The third-order valence-corrected chi connectivity index (χ3v) is 4.13. The highest BCUT2D eigenvalue weighted by Crippen LogP contribution is 2.22. The molecule has 0 bridgehead atoms. The Morgan fingerprint density at radius 2 is 1.96 bits per heavy atom. The molecular weight excluding hydrogens is 314 g/mol. The fourth-order valence-corrected chi connectivity index (χ4v) is 2.97. The van der Waals surface area contributed by atoms with Crippen LogP contribution in [0.2, 0.25) is 0 Å². The molecule has 120 valence electrons. The standard InChI is InChI=1S/C16H17N3O3S/c1-10-8-13(11(2)23-10)14(20)5-6-15(21)18-19-16(22)12-4-3-7-17-9-12/h3-4,7-9H,5-6H2,1-2H3,(H,18,21)(H,19,22). The first-order valence-corrected chi connectivity index (χ1v) is 7.88. The molecule has 2 N–H and O–H groups in total. The van der Waals surface area contributed by atoms with E-state index < -0.39 is 11.8 Å². The fraction of sp³-hybridized carbons (Fsp3) is 0.250. The summed E-state index contributed by atoms with van der Waals surface area (Å²) >= 11 is 1.56. The van der Waals surface area contributed by atoms with Crippen molar-refractivity contribution in [1.29, 1.82) is 0 Å². The van der Waals surface area contributed by atoms with E-state index >= 15 is 0 Å². The number of aromatic nitrogens is 1. The number of ketones is 1. The van der Waals surface area contributed by atoms with Crippen molar-refractivity contribution in [3.05, 3.63) is 51.5 Å². The monoisotopic (exact) mass is 331 g/mol. The minimum atomic E-state index is -0.456. The molecule has 2 aromatic rings. The topological polar surface area (TPSA) is 88.2 Å². The highest BCUT2D eigenvalue weighted by atomic mass is 32.1. The summed E-state index contributed by atoms with van der Waals surface area (Å²) in [6, 6.07) is 5.05. The molecular formula is C16H17N3O3S. The van der Waals surface area contributed by atoms with Crippen LogP contribution in [0.1, 0.15) is 43.3 Å². The normalized spacial score (nSPS) is 10.2. The largest absolute Gasteiger partial charge is 0.294 e. The van der Waals surface area contributed by atoms with E-state index in [1.807, 2.05) is 19.9 Å². The first kappa shape index (κ1) is 16.8. The predicted molar refractivity (Wildman–Crippen MR) is 87.2 cm³/mol. The molecule has 2 amide bonds. The Balaban J connectivity index is 1.78. The third kappa shape index (κ3) is 4.72. The van der Waals surface area contributed by atoms with Gasteiger partial charge in [-0.1, -0.05) is 0 Å². The number of carbonyl (C=O) groups is 3. The molecule has 23 heavy (non-hydrogen) atoms. The number of amides is 2. The van der Waals surface area contributed by atoms with Gasteiger partial charge in [0.05, 0.1) is 5.56 Å². The van der Waals surface area contributed by atoms with Crippen LogP contribution < -0.4 is 10.9 Å². The number of nitrogens with zero attached hydrogens (tertiary/aromatic N) is 1. The summed E-state index contributed by atoms with van der Waals surface area (Å²) in [4.78, 5) is 41.4. The zero-order chi connectivity index (χ0) is 16.8. The minimum absolute atomic E-state index is 0.0144. The molecule has 0 saturated carbocycles. The van der Waals surface area contributed by atoms with Gasteiger partial charge in [0.15, 0.2) is 5.78 Å². The van der Waals surface area contributed by atoms with Gasteiger partial charge in [-0.3, -0.25) is 30.2 Å². The molecule has 0 aliphatic rings. The highest BCUT2D eigenvalue weighted by Gasteiger charge is 2.14. The van der Waals surface area contributed by atoms with Crippen molar-refractivity contribution >= 4 is 28.9 Å². The van der Waals surface area contributed by atoms with Crippen LogP contribution in [0.15, 0.2) is 30.6 Å². The Morgan fingerprint density at radius 3 is 2.57 bits per heavy atom. The van der Waals surface area contributed by atoms with Gasteiger partial charge >= 0.3 is 0 Å². The number of Topliss-reactive ketones (excluding diaryl/α,β-unsaturated/α-hetero) is 1. The number of hydrazine groups is 1. The Morgan fingerprint density at radius 1 is 1.17 bits per heavy atom. The second-order valence-corrected chi connectivity index (χ2v) is 6.45. The summed E-state index contributed by atoms with van der Waals surface area (Å²) in [5.41, 5.74) is 5.59. The molecule has 0 aromatic carbocycles. The first-order chi connectivity index (χ1) is 11.0. The zero-order valence-electron chi connectivity index (χ0n) is 12.9. The molecule has 0 spiro atoms. The lowest BCUT2D eigenvalue weighted by Gasteiger charge is -2.06. The van der Waals surface area contributed by atoms with Crippen molar-refractivity contribution < 1.29 is 14.4 Å². The molecule has 0 atom stereocenters. The van der Waals surface area contributed by atoms with E-state index in [1.54, 1.807) is 29.7 Å². The Labute approximate surface area is 137 Å². The van der Waals surface area contributed by atoms with Crippen molar-refractivity contribution in [2.75, 3.05) is 0 Å². The van der Waals surface area contributed by atoms with Crippen LogP contribution in [0.5, 0.6) is 0 Å². The molecule has 0 aliphatic heterocycles. The lowest BCUT2D eigenvalue weighted by Crippen LogP contribution is -2.41. The molecule has 0 saturated heterocycles. The Bertz CT molecular complexity index is 725. The number of hydrogen-bond donors (Lipinski definition) is 2. The van der Waals surface area contributed by atoms with Crippen molar-refractivity contribution in [3.8, 4) is 0 Å². The summed E-state index contributed by atoms with van der Waals surface area (Å²) < 4.78 is 0. The van der Waals surface area contributed by atoms with Crippen LogP contribution in [-0.4, -0.2) is 22.6 Å². The number of carbonyl (C=O) groups excluding carboxylic acids is 3. The predicted octanol–water partition coefficient (Wildman–Crippen LogP) is 2.18. The average Bonchev–Trinajstić information content (AvgIpc) is 2.89. The van der Waals surface area contributed by atoms with Crippen LogP contribution in [0.4, 0.5) is 0 Å². The molecule has 2 heterocycles. The van der Waals surface area contributed by atoms with E-state index in [1.165, 1.54) is 6.20 Å². The SMILES string of the molecule is Cc1cc(C(=O)CCC(=O)NNC(=O)c2cccnc2)c(C)s1. The van der Waals surface area contributed by atoms with Crippen LogP contribution in [0.3, 0.4) is 0 Å². The van der Waals surface area contributed by atoms with E-state index in [-0.39, 0.29) is 18.6 Å². The van der Waals surface area contributed by atoms with Gasteiger partial charge in [0, 0.05) is 40.6 Å². The third-order valence-electron chi connectivity index (χ3n) is 3.16. The van der Waals surface area contributed by atoms with Crippen molar-refractivity contribution in [2.45, 2.75) is 26.7 Å². The van der Waals surface area contributed by atoms with E-state index in [9.17, 15) is 14.4 Å². The Hall–Kier alpha value is -2.54. The van der Waals surface area contributed by atoms with Gasteiger partial charge in [0.2, 0.25) is 5.91 Å². The number of aryl methyl sites for hydroxylation is 2. The molecule has 0 radical (unpaired) electrons. The van der Waals surface area contributed by atoms with Gasteiger partial charge in [-0.2, -0.15) is 0 Å². The zero-order valence-corrected chi connectivity index (χ0v) is 13.7. The van der Waals surface area contributed by atoms with Gasteiger partial charge in [0.25, 0.3) is 5.91 Å². The highest BCUT2D eigenvalue weighted by molar-refractivity contribution is 7.12. The smallest absolute Gasteiger partial charge is 0.271 e. The maximum Gasteiger partial charge on any atom is 0.271 e. The van der Waals surface area contributed by atoms with Crippen molar-refractivity contribution in [1.82, 2.24) is 15.8 Å². The first-order valence-electron chi connectivity index (χ1n) is 7.07. The van der Waals surface area contributed by atoms with E-state index in [2.05, 4.69) is 15.8 Å². The van der Waals surface area contributed by atoms with Crippen LogP contribution in [0, 0.1) is 13.8 Å². The van der Waals surface area contributed by atoms with Gasteiger partial charge in [0.1, 0.15) is 0 Å². The number of pyridine rings is 1. The van der Waals surface area contributed by atoms with Crippen LogP contribution >= 0.6 is 11.3 Å². The summed E-state index contributed by atoms with van der Waals surface area (Å²) in [5, 5.41) is 0. The van der Waals surface area contributed by atoms with Gasteiger partial charge < -0.3 is 0 Å². The number of hydrogen-bond acceptors (Lipinski definition) is 5. The van der Waals surface area contributed by atoms with E-state index in [0.717, 1.165) is 9.75 Å². The second kappa shape index (κ2) is 7.64. The lowest BCUT2D eigenvalue weighted by atomic mass is 10.1.